The second-order valence-corrected chi connectivity index (χ2v) is 6.72. The minimum Gasteiger partial charge on any atom is -0.478 e. The van der Waals surface area contributed by atoms with Crippen LogP contribution in [0.2, 0.25) is 0 Å². The molecule has 1 fully saturated rings. The largest absolute Gasteiger partial charge is 0.478 e. The van der Waals surface area contributed by atoms with Gasteiger partial charge in [0.1, 0.15) is 0 Å². The number of benzene rings is 1. The SMILES string of the molecule is CC(C)n1c(CN2CCN(C)CC2)cc2c(C(=O)O)cccc21. The maximum atomic E-state index is 11.5. The van der Waals surface area contributed by atoms with Gasteiger partial charge in [0.15, 0.2) is 0 Å². The second-order valence-electron chi connectivity index (χ2n) is 6.72. The van der Waals surface area contributed by atoms with Gasteiger partial charge in [-0.25, -0.2) is 4.79 Å². The number of nitrogens with zero attached hydrogens (tertiary/aromatic N) is 3. The van der Waals surface area contributed by atoms with Gasteiger partial charge in [0, 0.05) is 55.4 Å². The molecular weight excluding hydrogens is 290 g/mol. The van der Waals surface area contributed by atoms with Crippen molar-refractivity contribution in [3.05, 3.63) is 35.5 Å². The quantitative estimate of drug-likeness (QED) is 0.942. The maximum absolute atomic E-state index is 11.5. The zero-order valence-corrected chi connectivity index (χ0v) is 14.1. The minimum absolute atomic E-state index is 0.305. The Morgan fingerprint density at radius 2 is 1.91 bits per heavy atom. The summed E-state index contributed by atoms with van der Waals surface area (Å²) in [6, 6.07) is 7.92. The Morgan fingerprint density at radius 3 is 2.52 bits per heavy atom. The third kappa shape index (κ3) is 3.12. The van der Waals surface area contributed by atoms with Gasteiger partial charge in [0.05, 0.1) is 5.56 Å². The molecule has 1 aliphatic rings. The number of hydrogen-bond donors (Lipinski definition) is 1. The Labute approximate surface area is 137 Å². The molecule has 1 saturated heterocycles. The average molecular weight is 315 g/mol. The van der Waals surface area contributed by atoms with E-state index in [1.807, 2.05) is 12.1 Å². The summed E-state index contributed by atoms with van der Waals surface area (Å²) in [5, 5.41) is 10.3. The van der Waals surface area contributed by atoms with Crippen LogP contribution in [-0.4, -0.2) is 58.7 Å². The molecule has 0 amide bonds. The van der Waals surface area contributed by atoms with E-state index in [-0.39, 0.29) is 0 Å². The molecule has 2 aromatic rings. The molecule has 1 aromatic heterocycles. The number of fused-ring (bicyclic) bond motifs is 1. The fraction of sp³-hybridized carbons (Fsp3) is 0.500. The molecule has 3 rings (SSSR count). The van der Waals surface area contributed by atoms with Crippen molar-refractivity contribution in [1.29, 1.82) is 0 Å². The summed E-state index contributed by atoms with van der Waals surface area (Å²) in [4.78, 5) is 16.3. The summed E-state index contributed by atoms with van der Waals surface area (Å²) >= 11 is 0. The first-order chi connectivity index (χ1) is 11.0. The molecule has 23 heavy (non-hydrogen) atoms. The van der Waals surface area contributed by atoms with Gasteiger partial charge in [0.25, 0.3) is 0 Å². The molecule has 0 radical (unpaired) electrons. The van der Waals surface area contributed by atoms with Gasteiger partial charge in [-0.3, -0.25) is 4.90 Å². The third-order valence-corrected chi connectivity index (χ3v) is 4.69. The fourth-order valence-corrected chi connectivity index (χ4v) is 3.46. The zero-order chi connectivity index (χ0) is 16.6. The number of hydrogen-bond acceptors (Lipinski definition) is 3. The van der Waals surface area contributed by atoms with E-state index < -0.39 is 5.97 Å². The lowest BCUT2D eigenvalue weighted by atomic mass is 10.1. The van der Waals surface area contributed by atoms with Crippen LogP contribution in [-0.2, 0) is 6.54 Å². The Kier molecular flexibility index (Phi) is 4.41. The molecule has 0 bridgehead atoms. The highest BCUT2D eigenvalue weighted by Gasteiger charge is 2.20. The molecule has 5 nitrogen and oxygen atoms in total. The molecular formula is C18H25N3O2. The summed E-state index contributed by atoms with van der Waals surface area (Å²) in [6.45, 7) is 9.47. The van der Waals surface area contributed by atoms with Crippen molar-refractivity contribution in [3.8, 4) is 0 Å². The van der Waals surface area contributed by atoms with Crippen LogP contribution in [0.3, 0.4) is 0 Å². The third-order valence-electron chi connectivity index (χ3n) is 4.69. The Morgan fingerprint density at radius 1 is 1.22 bits per heavy atom. The predicted octanol–water partition coefficient (Wildman–Crippen LogP) is 2.67. The summed E-state index contributed by atoms with van der Waals surface area (Å²) < 4.78 is 2.28. The number of aromatic carboxylic acids is 1. The van der Waals surface area contributed by atoms with E-state index in [4.69, 9.17) is 0 Å². The first kappa shape index (κ1) is 16.0. The maximum Gasteiger partial charge on any atom is 0.336 e. The Bertz CT molecular complexity index is 712. The van der Waals surface area contributed by atoms with Crippen LogP contribution in [0, 0.1) is 0 Å². The number of carboxylic acid groups (broad SMARTS) is 1. The number of aromatic nitrogens is 1. The lowest BCUT2D eigenvalue weighted by Gasteiger charge is -2.32. The average Bonchev–Trinajstić information content (AvgIpc) is 2.87. The number of carbonyl (C=O) groups is 1. The molecule has 0 atom stereocenters. The molecule has 0 unspecified atom stereocenters. The highest BCUT2D eigenvalue weighted by molar-refractivity contribution is 6.03. The lowest BCUT2D eigenvalue weighted by molar-refractivity contribution is 0.0699. The van der Waals surface area contributed by atoms with Crippen LogP contribution in [0.15, 0.2) is 24.3 Å². The number of likely N-dealkylation sites (N-methyl/N-ethyl adjacent to an activating group) is 1. The molecule has 0 saturated carbocycles. The van der Waals surface area contributed by atoms with Gasteiger partial charge in [0.2, 0.25) is 0 Å². The highest BCUT2D eigenvalue weighted by atomic mass is 16.4. The first-order valence-corrected chi connectivity index (χ1v) is 8.24. The van der Waals surface area contributed by atoms with Crippen LogP contribution < -0.4 is 0 Å². The van der Waals surface area contributed by atoms with Gasteiger partial charge in [-0.2, -0.15) is 0 Å². The first-order valence-electron chi connectivity index (χ1n) is 8.24. The van der Waals surface area contributed by atoms with Crippen LogP contribution >= 0.6 is 0 Å². The molecule has 1 N–H and O–H groups in total. The summed E-state index contributed by atoms with van der Waals surface area (Å²) in [5.74, 6) is -0.859. The van der Waals surface area contributed by atoms with Crippen LogP contribution in [0.5, 0.6) is 0 Å². The van der Waals surface area contributed by atoms with Crippen molar-refractivity contribution in [2.24, 2.45) is 0 Å². The molecule has 1 aliphatic heterocycles. The lowest BCUT2D eigenvalue weighted by Crippen LogP contribution is -2.44. The molecule has 124 valence electrons. The van der Waals surface area contributed by atoms with Crippen molar-refractivity contribution in [2.45, 2.75) is 26.4 Å². The van der Waals surface area contributed by atoms with Gasteiger partial charge in [-0.1, -0.05) is 6.07 Å². The highest BCUT2D eigenvalue weighted by Crippen LogP contribution is 2.28. The van der Waals surface area contributed by atoms with E-state index in [1.165, 1.54) is 5.69 Å². The Hall–Kier alpha value is -1.85. The molecule has 0 spiro atoms. The number of carboxylic acids is 1. The van der Waals surface area contributed by atoms with Crippen molar-refractivity contribution in [2.75, 3.05) is 33.2 Å². The molecule has 2 heterocycles. The smallest absolute Gasteiger partial charge is 0.336 e. The molecule has 1 aromatic carbocycles. The van der Waals surface area contributed by atoms with Crippen molar-refractivity contribution in [1.82, 2.24) is 14.4 Å². The fourth-order valence-electron chi connectivity index (χ4n) is 3.46. The second kappa shape index (κ2) is 6.34. The molecule has 0 aliphatic carbocycles. The summed E-state index contributed by atoms with van der Waals surface area (Å²) in [7, 11) is 2.15. The van der Waals surface area contributed by atoms with Crippen LogP contribution in [0.25, 0.3) is 10.9 Å². The normalized spacial score (nSPS) is 17.2. The van der Waals surface area contributed by atoms with Gasteiger partial charge >= 0.3 is 5.97 Å². The Balaban J connectivity index is 2.00. The van der Waals surface area contributed by atoms with E-state index in [0.717, 1.165) is 43.6 Å². The van der Waals surface area contributed by atoms with E-state index in [9.17, 15) is 9.90 Å². The van der Waals surface area contributed by atoms with E-state index in [2.05, 4.69) is 41.3 Å². The van der Waals surface area contributed by atoms with Crippen LogP contribution in [0.4, 0.5) is 0 Å². The van der Waals surface area contributed by atoms with Gasteiger partial charge in [-0.15, -0.1) is 0 Å². The minimum atomic E-state index is -0.859. The molecule has 5 heteroatoms. The van der Waals surface area contributed by atoms with Crippen LogP contribution in [0.1, 0.15) is 35.9 Å². The van der Waals surface area contributed by atoms with Gasteiger partial charge in [-0.05, 0) is 39.1 Å². The van der Waals surface area contributed by atoms with Crippen molar-refractivity contribution < 1.29 is 9.90 Å². The summed E-state index contributed by atoms with van der Waals surface area (Å²) in [6.07, 6.45) is 0. The number of rotatable bonds is 4. The summed E-state index contributed by atoms with van der Waals surface area (Å²) in [5.41, 5.74) is 2.61. The monoisotopic (exact) mass is 315 g/mol. The topological polar surface area (TPSA) is 48.7 Å². The van der Waals surface area contributed by atoms with E-state index in [1.54, 1.807) is 6.07 Å². The standard InChI is InChI=1S/C18H25N3O2/c1-13(2)21-14(12-20-9-7-19(3)8-10-20)11-16-15(18(22)23)5-4-6-17(16)21/h4-6,11,13H,7-10,12H2,1-3H3,(H,22,23). The van der Waals surface area contributed by atoms with Gasteiger partial charge < -0.3 is 14.6 Å². The number of piperazine rings is 1. The van der Waals surface area contributed by atoms with E-state index in [0.29, 0.717) is 11.6 Å². The zero-order valence-electron chi connectivity index (χ0n) is 14.1. The predicted molar refractivity (Wildman–Crippen MR) is 92.1 cm³/mol. The van der Waals surface area contributed by atoms with E-state index >= 15 is 0 Å². The van der Waals surface area contributed by atoms with Crippen molar-refractivity contribution >= 4 is 16.9 Å². The van der Waals surface area contributed by atoms with Crippen molar-refractivity contribution in [3.63, 3.8) is 0 Å².